The monoisotopic (exact) mass is 624 g/mol. The minimum atomic E-state index is 0.679. The smallest absolute Gasteiger partial charge is 0.0314 e. The molecule has 0 saturated heterocycles. The lowest BCUT2D eigenvalue weighted by atomic mass is 9.74. The van der Waals surface area contributed by atoms with E-state index < -0.39 is 0 Å². The number of hydrogen-bond donors (Lipinski definition) is 6. The first kappa shape index (κ1) is 30.0. The standard InChI is InChI=1S/C42H36N6/c43-31-13-1-25(2-14-31)37-38(26-3-15-32(44)16-4-26)40(28-7-19-34(46)20-8-28)42(30-11-23-36(48)24-12-30)41(29-9-21-35(47)22-10-29)39(37)27-5-17-33(45)18-6-27/h1-24H,43-48H2. The lowest BCUT2D eigenvalue weighted by Gasteiger charge is -2.29. The molecule has 0 atom stereocenters. The molecule has 0 bridgehead atoms. The molecule has 0 radical (unpaired) electrons. The Bertz CT molecular complexity index is 1780. The molecule has 0 spiro atoms. The van der Waals surface area contributed by atoms with Gasteiger partial charge in [0.25, 0.3) is 0 Å². The SMILES string of the molecule is Nc1ccc(-c2c(-c3ccc(N)cc3)c(-c3ccc(N)cc3)c(-c3ccc(N)cc3)c(-c3ccc(N)cc3)c2-c2ccc(N)cc2)cc1. The van der Waals surface area contributed by atoms with Crippen molar-refractivity contribution in [3.05, 3.63) is 146 Å². The lowest BCUT2D eigenvalue weighted by Crippen LogP contribution is -2.03. The van der Waals surface area contributed by atoms with Gasteiger partial charge in [-0.1, -0.05) is 72.8 Å². The van der Waals surface area contributed by atoms with Crippen LogP contribution in [-0.4, -0.2) is 0 Å². The largest absolute Gasteiger partial charge is 0.399 e. The van der Waals surface area contributed by atoms with E-state index in [4.69, 9.17) is 34.4 Å². The quantitative estimate of drug-likeness (QED) is 0.101. The molecule has 0 saturated carbocycles. The van der Waals surface area contributed by atoms with Gasteiger partial charge in [0.2, 0.25) is 0 Å². The minimum Gasteiger partial charge on any atom is -0.399 e. The molecule has 6 heteroatoms. The molecule has 7 aromatic rings. The molecule has 7 aromatic carbocycles. The number of nitrogen functional groups attached to an aromatic ring is 6. The summed E-state index contributed by atoms with van der Waals surface area (Å²) in [6.45, 7) is 0. The molecular formula is C42H36N6. The summed E-state index contributed by atoms with van der Waals surface area (Å²) in [5.74, 6) is 0. The van der Waals surface area contributed by atoms with Crippen molar-refractivity contribution in [2.24, 2.45) is 0 Å². The van der Waals surface area contributed by atoms with Gasteiger partial charge in [0, 0.05) is 34.1 Å². The zero-order valence-corrected chi connectivity index (χ0v) is 26.3. The van der Waals surface area contributed by atoms with E-state index in [-0.39, 0.29) is 0 Å². The Balaban J connectivity index is 1.81. The molecule has 0 aliphatic rings. The van der Waals surface area contributed by atoms with Crippen molar-refractivity contribution in [3.63, 3.8) is 0 Å². The highest BCUT2D eigenvalue weighted by Crippen LogP contribution is 2.56. The van der Waals surface area contributed by atoms with Crippen molar-refractivity contribution in [3.8, 4) is 66.8 Å². The van der Waals surface area contributed by atoms with Crippen LogP contribution in [0, 0.1) is 0 Å². The third-order valence-corrected chi connectivity index (χ3v) is 8.70. The van der Waals surface area contributed by atoms with Gasteiger partial charge in [-0.05, 0) is 140 Å². The van der Waals surface area contributed by atoms with Gasteiger partial charge in [0.1, 0.15) is 0 Å². The fraction of sp³-hybridized carbons (Fsp3) is 0. The van der Waals surface area contributed by atoms with Crippen LogP contribution in [0.3, 0.4) is 0 Å². The Morgan fingerprint density at radius 1 is 0.167 bits per heavy atom. The maximum atomic E-state index is 6.26. The summed E-state index contributed by atoms with van der Waals surface area (Å²) < 4.78 is 0. The number of rotatable bonds is 6. The van der Waals surface area contributed by atoms with Gasteiger partial charge < -0.3 is 34.4 Å². The van der Waals surface area contributed by atoms with Gasteiger partial charge >= 0.3 is 0 Å². The van der Waals surface area contributed by atoms with E-state index in [1.54, 1.807) is 0 Å². The Labute approximate surface area is 280 Å². The molecule has 0 aliphatic heterocycles. The first-order valence-electron chi connectivity index (χ1n) is 15.7. The van der Waals surface area contributed by atoms with Gasteiger partial charge in [-0.15, -0.1) is 0 Å². The zero-order chi connectivity index (χ0) is 33.4. The maximum absolute atomic E-state index is 6.26. The zero-order valence-electron chi connectivity index (χ0n) is 26.3. The van der Waals surface area contributed by atoms with Gasteiger partial charge in [-0.25, -0.2) is 0 Å². The summed E-state index contributed by atoms with van der Waals surface area (Å²) >= 11 is 0. The van der Waals surface area contributed by atoms with E-state index in [1.165, 1.54) is 0 Å². The van der Waals surface area contributed by atoms with Crippen molar-refractivity contribution in [1.82, 2.24) is 0 Å². The molecule has 6 nitrogen and oxygen atoms in total. The van der Waals surface area contributed by atoms with E-state index in [0.717, 1.165) is 66.8 Å². The third-order valence-electron chi connectivity index (χ3n) is 8.70. The Kier molecular flexibility index (Phi) is 7.67. The van der Waals surface area contributed by atoms with Crippen molar-refractivity contribution < 1.29 is 0 Å². The first-order chi connectivity index (χ1) is 23.3. The van der Waals surface area contributed by atoms with Crippen LogP contribution in [-0.2, 0) is 0 Å². The molecule has 234 valence electrons. The Morgan fingerprint density at radius 2 is 0.271 bits per heavy atom. The molecule has 0 amide bonds. The summed E-state index contributed by atoms with van der Waals surface area (Å²) in [7, 11) is 0. The number of nitrogens with two attached hydrogens (primary N) is 6. The van der Waals surface area contributed by atoms with Crippen molar-refractivity contribution in [2.75, 3.05) is 34.4 Å². The molecule has 0 aliphatic carbocycles. The Morgan fingerprint density at radius 3 is 0.375 bits per heavy atom. The molecule has 48 heavy (non-hydrogen) atoms. The van der Waals surface area contributed by atoms with E-state index in [9.17, 15) is 0 Å². The maximum Gasteiger partial charge on any atom is 0.0314 e. The average Bonchev–Trinajstić information content (AvgIpc) is 3.10. The summed E-state index contributed by atoms with van der Waals surface area (Å²) in [5.41, 5.74) is 53.8. The van der Waals surface area contributed by atoms with Crippen molar-refractivity contribution in [1.29, 1.82) is 0 Å². The van der Waals surface area contributed by atoms with Crippen LogP contribution >= 0.6 is 0 Å². The average molecular weight is 625 g/mol. The van der Waals surface area contributed by atoms with Crippen molar-refractivity contribution in [2.45, 2.75) is 0 Å². The van der Waals surface area contributed by atoms with Crippen LogP contribution in [0.5, 0.6) is 0 Å². The van der Waals surface area contributed by atoms with Gasteiger partial charge in [-0.3, -0.25) is 0 Å². The number of anilines is 6. The fourth-order valence-corrected chi connectivity index (χ4v) is 6.38. The van der Waals surface area contributed by atoms with Crippen LogP contribution in [0.15, 0.2) is 146 Å². The van der Waals surface area contributed by atoms with Crippen LogP contribution < -0.4 is 34.4 Å². The second-order valence-electron chi connectivity index (χ2n) is 12.0. The van der Waals surface area contributed by atoms with Gasteiger partial charge in [-0.2, -0.15) is 0 Å². The molecule has 0 fully saturated rings. The minimum absolute atomic E-state index is 0.679. The predicted octanol–water partition coefficient (Wildman–Crippen LogP) is 9.18. The number of benzene rings is 7. The second kappa shape index (κ2) is 12.3. The van der Waals surface area contributed by atoms with Crippen LogP contribution in [0.4, 0.5) is 34.1 Å². The molecule has 0 unspecified atom stereocenters. The highest BCUT2D eigenvalue weighted by atomic mass is 14.6. The number of hydrogen-bond acceptors (Lipinski definition) is 6. The summed E-state index contributed by atoms with van der Waals surface area (Å²) in [6, 6.07) is 48.2. The summed E-state index contributed by atoms with van der Waals surface area (Å²) in [5, 5.41) is 0. The van der Waals surface area contributed by atoms with Crippen LogP contribution in [0.2, 0.25) is 0 Å². The van der Waals surface area contributed by atoms with E-state index in [2.05, 4.69) is 72.8 Å². The molecule has 7 rings (SSSR count). The second-order valence-corrected chi connectivity index (χ2v) is 12.0. The molecular weight excluding hydrogens is 589 g/mol. The first-order valence-corrected chi connectivity index (χ1v) is 15.7. The third kappa shape index (κ3) is 5.63. The molecule has 12 N–H and O–H groups in total. The highest BCUT2D eigenvalue weighted by Gasteiger charge is 2.29. The summed E-state index contributed by atoms with van der Waals surface area (Å²) in [6.07, 6.45) is 0. The van der Waals surface area contributed by atoms with Crippen LogP contribution in [0.1, 0.15) is 0 Å². The normalized spacial score (nSPS) is 11.0. The molecule has 0 aromatic heterocycles. The van der Waals surface area contributed by atoms with E-state index in [0.29, 0.717) is 34.1 Å². The topological polar surface area (TPSA) is 156 Å². The van der Waals surface area contributed by atoms with E-state index in [1.807, 2.05) is 72.8 Å². The summed E-state index contributed by atoms with van der Waals surface area (Å²) in [4.78, 5) is 0. The lowest BCUT2D eigenvalue weighted by molar-refractivity contribution is 1.51. The fourth-order valence-electron chi connectivity index (χ4n) is 6.38. The highest BCUT2D eigenvalue weighted by molar-refractivity contribution is 6.15. The van der Waals surface area contributed by atoms with Crippen LogP contribution in [0.25, 0.3) is 66.8 Å². The van der Waals surface area contributed by atoms with Gasteiger partial charge in [0.05, 0.1) is 0 Å². The predicted molar refractivity (Wildman–Crippen MR) is 206 cm³/mol. The molecule has 0 heterocycles. The van der Waals surface area contributed by atoms with E-state index >= 15 is 0 Å². The Hall–Kier alpha value is -6.66. The van der Waals surface area contributed by atoms with Gasteiger partial charge in [0.15, 0.2) is 0 Å². The van der Waals surface area contributed by atoms with Crippen molar-refractivity contribution >= 4 is 34.1 Å².